The first kappa shape index (κ1) is 8.27. The first-order chi connectivity index (χ1) is 5.16. The molecule has 0 unspecified atom stereocenters. The summed E-state index contributed by atoms with van der Waals surface area (Å²) in [5.74, 6) is -0.372. The van der Waals surface area contributed by atoms with Crippen molar-refractivity contribution in [2.45, 2.75) is 18.9 Å². The Morgan fingerprint density at radius 2 is 2.45 bits per heavy atom. The number of carbonyl (C=O) groups is 1. The predicted molar refractivity (Wildman–Crippen MR) is 41.9 cm³/mol. The second-order valence-electron chi connectivity index (χ2n) is 2.85. The fourth-order valence-electron chi connectivity index (χ4n) is 1.39. The van der Waals surface area contributed by atoms with Crippen LogP contribution >= 0.6 is 0 Å². The van der Waals surface area contributed by atoms with E-state index in [1.165, 1.54) is 7.11 Å². The second kappa shape index (κ2) is 3.05. The van der Waals surface area contributed by atoms with Crippen molar-refractivity contribution in [3.63, 3.8) is 0 Å². The highest BCUT2D eigenvalue weighted by Crippen LogP contribution is 2.28. The summed E-state index contributed by atoms with van der Waals surface area (Å²) in [5.41, 5.74) is 6.66. The molecule has 0 aromatic carbocycles. The molecule has 0 heterocycles. The standard InChI is InChI=1S/C8H13NO2/c1-5-3-4-6(7(5)9)8(10)11-2/h6-7H,1,3-4,9H2,2H3/t6-,7+/m1/s1. The predicted octanol–water partition coefficient (Wildman–Crippen LogP) is 0.453. The normalized spacial score (nSPS) is 30.5. The Bertz CT molecular complexity index is 189. The van der Waals surface area contributed by atoms with Crippen molar-refractivity contribution in [1.29, 1.82) is 0 Å². The number of rotatable bonds is 1. The molecule has 62 valence electrons. The van der Waals surface area contributed by atoms with E-state index in [2.05, 4.69) is 11.3 Å². The van der Waals surface area contributed by atoms with E-state index < -0.39 is 0 Å². The van der Waals surface area contributed by atoms with Crippen LogP contribution in [0.5, 0.6) is 0 Å². The fraction of sp³-hybridized carbons (Fsp3) is 0.625. The zero-order valence-electron chi connectivity index (χ0n) is 6.67. The van der Waals surface area contributed by atoms with Crippen LogP contribution in [0.15, 0.2) is 12.2 Å². The van der Waals surface area contributed by atoms with Crippen LogP contribution in [0.1, 0.15) is 12.8 Å². The Morgan fingerprint density at radius 1 is 1.82 bits per heavy atom. The van der Waals surface area contributed by atoms with E-state index in [-0.39, 0.29) is 17.9 Å². The maximum Gasteiger partial charge on any atom is 0.310 e. The number of hydrogen-bond acceptors (Lipinski definition) is 3. The minimum Gasteiger partial charge on any atom is -0.469 e. The summed E-state index contributed by atoms with van der Waals surface area (Å²) in [7, 11) is 1.39. The van der Waals surface area contributed by atoms with Crippen molar-refractivity contribution < 1.29 is 9.53 Å². The van der Waals surface area contributed by atoms with E-state index in [0.29, 0.717) is 0 Å². The van der Waals surface area contributed by atoms with Crippen molar-refractivity contribution in [3.05, 3.63) is 12.2 Å². The smallest absolute Gasteiger partial charge is 0.310 e. The molecule has 0 radical (unpaired) electrons. The van der Waals surface area contributed by atoms with Gasteiger partial charge in [-0.15, -0.1) is 0 Å². The summed E-state index contributed by atoms with van der Waals surface area (Å²) in [6.45, 7) is 3.77. The number of methoxy groups -OCH3 is 1. The molecular weight excluding hydrogens is 142 g/mol. The summed E-state index contributed by atoms with van der Waals surface area (Å²) in [6, 6.07) is -0.192. The van der Waals surface area contributed by atoms with Gasteiger partial charge in [0.25, 0.3) is 0 Å². The van der Waals surface area contributed by atoms with Crippen molar-refractivity contribution in [3.8, 4) is 0 Å². The van der Waals surface area contributed by atoms with Gasteiger partial charge in [0.05, 0.1) is 13.0 Å². The molecule has 1 saturated carbocycles. The lowest BCUT2D eigenvalue weighted by Gasteiger charge is -2.12. The van der Waals surface area contributed by atoms with Crippen LogP contribution in [-0.4, -0.2) is 19.1 Å². The number of hydrogen-bond donors (Lipinski definition) is 1. The Hall–Kier alpha value is -0.830. The highest BCUT2D eigenvalue weighted by Gasteiger charge is 2.33. The minimum atomic E-state index is -0.212. The number of ether oxygens (including phenoxy) is 1. The molecule has 3 nitrogen and oxygen atoms in total. The summed E-state index contributed by atoms with van der Waals surface area (Å²) < 4.78 is 4.59. The Labute approximate surface area is 66.2 Å². The van der Waals surface area contributed by atoms with E-state index in [9.17, 15) is 4.79 Å². The molecule has 0 saturated heterocycles. The molecular formula is C8H13NO2. The van der Waals surface area contributed by atoms with Crippen molar-refractivity contribution in [2.24, 2.45) is 11.7 Å². The molecule has 11 heavy (non-hydrogen) atoms. The van der Waals surface area contributed by atoms with Gasteiger partial charge in [0.2, 0.25) is 0 Å². The topological polar surface area (TPSA) is 52.3 Å². The lowest BCUT2D eigenvalue weighted by atomic mass is 10.0. The van der Waals surface area contributed by atoms with Gasteiger partial charge in [-0.1, -0.05) is 12.2 Å². The van der Waals surface area contributed by atoms with Gasteiger partial charge in [0, 0.05) is 6.04 Å². The van der Waals surface area contributed by atoms with Crippen molar-refractivity contribution >= 4 is 5.97 Å². The summed E-state index contributed by atoms with van der Waals surface area (Å²) in [6.07, 6.45) is 1.63. The molecule has 0 aliphatic heterocycles. The van der Waals surface area contributed by atoms with E-state index in [1.54, 1.807) is 0 Å². The Kier molecular flexibility index (Phi) is 2.29. The molecule has 0 aromatic heterocycles. The largest absolute Gasteiger partial charge is 0.469 e. The first-order valence-electron chi connectivity index (χ1n) is 3.68. The number of esters is 1. The van der Waals surface area contributed by atoms with Gasteiger partial charge in [-0.25, -0.2) is 0 Å². The van der Waals surface area contributed by atoms with Gasteiger partial charge in [0.1, 0.15) is 0 Å². The zero-order chi connectivity index (χ0) is 8.43. The quantitative estimate of drug-likeness (QED) is 0.442. The molecule has 0 amide bonds. The Morgan fingerprint density at radius 3 is 2.82 bits per heavy atom. The maximum atomic E-state index is 11.0. The molecule has 1 aliphatic carbocycles. The van der Waals surface area contributed by atoms with Gasteiger partial charge < -0.3 is 10.5 Å². The third-order valence-electron chi connectivity index (χ3n) is 2.19. The molecule has 2 N–H and O–H groups in total. The summed E-state index contributed by atoms with van der Waals surface area (Å²) in [5, 5.41) is 0. The van der Waals surface area contributed by atoms with Crippen LogP contribution in [0.2, 0.25) is 0 Å². The van der Waals surface area contributed by atoms with Crippen molar-refractivity contribution in [1.82, 2.24) is 0 Å². The fourth-order valence-corrected chi connectivity index (χ4v) is 1.39. The third kappa shape index (κ3) is 1.43. The molecule has 1 fully saturated rings. The van der Waals surface area contributed by atoms with Crippen LogP contribution in [0.4, 0.5) is 0 Å². The SMILES string of the molecule is C=C1CC[C@@H](C(=O)OC)[C@H]1N. The highest BCUT2D eigenvalue weighted by molar-refractivity contribution is 5.74. The molecule has 0 spiro atoms. The van der Waals surface area contributed by atoms with Crippen LogP contribution in [-0.2, 0) is 9.53 Å². The number of carbonyl (C=O) groups excluding carboxylic acids is 1. The number of nitrogens with two attached hydrogens (primary N) is 1. The first-order valence-corrected chi connectivity index (χ1v) is 3.68. The molecule has 0 bridgehead atoms. The Balaban J connectivity index is 2.61. The molecule has 0 aromatic rings. The van der Waals surface area contributed by atoms with Gasteiger partial charge in [-0.05, 0) is 12.8 Å². The summed E-state index contributed by atoms with van der Waals surface area (Å²) >= 11 is 0. The minimum absolute atomic E-state index is 0.160. The third-order valence-corrected chi connectivity index (χ3v) is 2.19. The zero-order valence-corrected chi connectivity index (χ0v) is 6.67. The van der Waals surface area contributed by atoms with Gasteiger partial charge >= 0.3 is 5.97 Å². The average molecular weight is 155 g/mol. The van der Waals surface area contributed by atoms with Gasteiger partial charge in [-0.2, -0.15) is 0 Å². The highest BCUT2D eigenvalue weighted by atomic mass is 16.5. The average Bonchev–Trinajstić information content (AvgIpc) is 2.32. The molecule has 1 rings (SSSR count). The van der Waals surface area contributed by atoms with Crippen molar-refractivity contribution in [2.75, 3.05) is 7.11 Å². The molecule has 2 atom stereocenters. The van der Waals surface area contributed by atoms with Crippen LogP contribution in [0.3, 0.4) is 0 Å². The lowest BCUT2D eigenvalue weighted by Crippen LogP contribution is -2.32. The molecule has 3 heteroatoms. The van der Waals surface area contributed by atoms with Crippen LogP contribution in [0, 0.1) is 5.92 Å². The van der Waals surface area contributed by atoms with E-state index >= 15 is 0 Å². The van der Waals surface area contributed by atoms with Gasteiger partial charge in [-0.3, -0.25) is 4.79 Å². The van der Waals surface area contributed by atoms with E-state index in [4.69, 9.17) is 5.73 Å². The second-order valence-corrected chi connectivity index (χ2v) is 2.85. The van der Waals surface area contributed by atoms with Crippen LogP contribution in [0.25, 0.3) is 0 Å². The van der Waals surface area contributed by atoms with E-state index in [0.717, 1.165) is 18.4 Å². The molecule has 1 aliphatic rings. The van der Waals surface area contributed by atoms with E-state index in [1.807, 2.05) is 0 Å². The maximum absolute atomic E-state index is 11.0. The lowest BCUT2D eigenvalue weighted by molar-refractivity contribution is -0.145. The summed E-state index contributed by atoms with van der Waals surface area (Å²) in [4.78, 5) is 11.0. The van der Waals surface area contributed by atoms with Gasteiger partial charge in [0.15, 0.2) is 0 Å². The monoisotopic (exact) mass is 155 g/mol. The van der Waals surface area contributed by atoms with Crippen LogP contribution < -0.4 is 5.73 Å².